The van der Waals surface area contributed by atoms with Crippen molar-refractivity contribution in [3.05, 3.63) is 52.6 Å². The second-order valence-electron chi connectivity index (χ2n) is 9.15. The van der Waals surface area contributed by atoms with Crippen molar-refractivity contribution in [2.45, 2.75) is 45.2 Å². The molecule has 9 heteroatoms. The molecule has 2 heterocycles. The van der Waals surface area contributed by atoms with Crippen molar-refractivity contribution < 1.29 is 14.3 Å². The maximum Gasteiger partial charge on any atom is 0.274 e. The lowest BCUT2D eigenvalue weighted by Crippen LogP contribution is -2.41. The number of carbonyl (C=O) groups is 2. The third kappa shape index (κ3) is 4.42. The molecule has 3 atom stereocenters. The number of benzene rings is 1. The largest absolute Gasteiger partial charge is 0.496 e. The van der Waals surface area contributed by atoms with Crippen LogP contribution in [0.25, 0.3) is 10.9 Å². The Hall–Kier alpha value is -3.62. The van der Waals surface area contributed by atoms with Crippen LogP contribution in [0.3, 0.4) is 0 Å². The second kappa shape index (κ2) is 9.32. The highest BCUT2D eigenvalue weighted by atomic mass is 16.5. The van der Waals surface area contributed by atoms with E-state index in [1.54, 1.807) is 44.4 Å². The average molecular weight is 466 g/mol. The maximum atomic E-state index is 13.0. The molecule has 0 spiro atoms. The molecule has 0 saturated heterocycles. The van der Waals surface area contributed by atoms with Gasteiger partial charge in [-0.05, 0) is 43.4 Å². The van der Waals surface area contributed by atoms with Crippen molar-refractivity contribution in [1.82, 2.24) is 19.2 Å². The molecule has 34 heavy (non-hydrogen) atoms. The van der Waals surface area contributed by atoms with Crippen molar-refractivity contribution >= 4 is 28.4 Å². The van der Waals surface area contributed by atoms with Crippen molar-refractivity contribution in [3.8, 4) is 5.75 Å². The zero-order valence-corrected chi connectivity index (χ0v) is 20.2. The van der Waals surface area contributed by atoms with Crippen molar-refractivity contribution in [1.29, 1.82) is 0 Å². The number of amides is 2. The minimum absolute atomic E-state index is 0.0896. The summed E-state index contributed by atoms with van der Waals surface area (Å²) in [6, 6.07) is 7.23. The Morgan fingerprint density at radius 3 is 2.71 bits per heavy atom. The van der Waals surface area contributed by atoms with E-state index in [2.05, 4.69) is 12.2 Å². The number of rotatable bonds is 5. The lowest BCUT2D eigenvalue weighted by molar-refractivity contribution is -0.130. The maximum absolute atomic E-state index is 13.0. The Morgan fingerprint density at radius 1 is 1.26 bits per heavy atom. The molecule has 4 rings (SSSR count). The number of aromatic nitrogens is 3. The summed E-state index contributed by atoms with van der Waals surface area (Å²) in [7, 11) is 5.00. The van der Waals surface area contributed by atoms with Crippen LogP contribution in [0.4, 0.5) is 5.69 Å². The summed E-state index contributed by atoms with van der Waals surface area (Å²) in [6.07, 6.45) is 6.35. The fourth-order valence-corrected chi connectivity index (χ4v) is 4.82. The van der Waals surface area contributed by atoms with E-state index >= 15 is 0 Å². The minimum atomic E-state index is -0.420. The van der Waals surface area contributed by atoms with Crippen LogP contribution in [-0.4, -0.2) is 51.3 Å². The van der Waals surface area contributed by atoms with Gasteiger partial charge in [0.2, 0.25) is 5.91 Å². The predicted molar refractivity (Wildman–Crippen MR) is 130 cm³/mol. The van der Waals surface area contributed by atoms with Crippen molar-refractivity contribution in [2.75, 3.05) is 19.5 Å². The van der Waals surface area contributed by atoms with E-state index in [1.807, 2.05) is 22.8 Å². The number of hydrogen-bond donors (Lipinski definition) is 1. The number of methoxy groups -OCH3 is 1. The zero-order chi connectivity index (χ0) is 24.6. The molecule has 2 aromatic heterocycles. The SMILES string of the molecule is COc1cc2nn([C@@H]3CCC(N(C)C(C)=O)C[C@H]3C)cc2cc1C(=O)Nc1cccn(C)c1=O. The highest BCUT2D eigenvalue weighted by molar-refractivity contribution is 6.08. The smallest absolute Gasteiger partial charge is 0.274 e. The number of aryl methyl sites for hydroxylation is 1. The number of ether oxygens (including phenoxy) is 1. The van der Waals surface area contributed by atoms with Crippen LogP contribution in [-0.2, 0) is 11.8 Å². The number of nitrogens with one attached hydrogen (secondary N) is 1. The molecule has 3 aromatic rings. The number of hydrogen-bond acceptors (Lipinski definition) is 5. The number of pyridine rings is 1. The highest BCUT2D eigenvalue weighted by Gasteiger charge is 2.32. The van der Waals surface area contributed by atoms with Gasteiger partial charge in [-0.25, -0.2) is 0 Å². The molecule has 1 aromatic carbocycles. The predicted octanol–water partition coefficient (Wildman–Crippen LogP) is 3.20. The Morgan fingerprint density at radius 2 is 2.03 bits per heavy atom. The van der Waals surface area contributed by atoms with Gasteiger partial charge in [0.25, 0.3) is 11.5 Å². The first kappa shape index (κ1) is 23.5. The van der Waals surface area contributed by atoms with Gasteiger partial charge in [-0.15, -0.1) is 0 Å². The van der Waals surface area contributed by atoms with Crippen LogP contribution in [0.5, 0.6) is 5.75 Å². The normalized spacial score (nSPS) is 20.2. The van der Waals surface area contributed by atoms with E-state index in [0.717, 1.165) is 30.2 Å². The number of anilines is 1. The van der Waals surface area contributed by atoms with E-state index < -0.39 is 5.91 Å². The molecule has 1 unspecified atom stereocenters. The summed E-state index contributed by atoms with van der Waals surface area (Å²) in [6.45, 7) is 3.80. The third-order valence-corrected chi connectivity index (χ3v) is 6.94. The Labute approximate surface area is 198 Å². The zero-order valence-electron chi connectivity index (χ0n) is 20.2. The van der Waals surface area contributed by atoms with Gasteiger partial charge in [0, 0.05) is 50.9 Å². The summed E-state index contributed by atoms with van der Waals surface area (Å²) >= 11 is 0. The van der Waals surface area contributed by atoms with Crippen LogP contribution >= 0.6 is 0 Å². The van der Waals surface area contributed by atoms with Gasteiger partial charge in [-0.3, -0.25) is 19.1 Å². The summed E-state index contributed by atoms with van der Waals surface area (Å²) in [5, 5.41) is 8.30. The van der Waals surface area contributed by atoms with Crippen LogP contribution in [0.2, 0.25) is 0 Å². The first-order chi connectivity index (χ1) is 16.2. The molecule has 180 valence electrons. The van der Waals surface area contributed by atoms with Gasteiger partial charge in [0.05, 0.1) is 24.2 Å². The van der Waals surface area contributed by atoms with Crippen molar-refractivity contribution in [2.24, 2.45) is 13.0 Å². The Bertz CT molecular complexity index is 1290. The molecule has 1 aliphatic rings. The standard InChI is InChI=1S/C25H31N5O4/c1-15-11-18(29(4)16(2)31)8-9-22(15)30-14-17-12-19(23(34-5)13-21(17)27-30)24(32)26-20-7-6-10-28(3)25(20)33/h6-7,10,12-15,18,22H,8-9,11H2,1-5H3,(H,26,32)/t15-,18?,22-/m1/s1. The van der Waals surface area contributed by atoms with Gasteiger partial charge < -0.3 is 19.5 Å². The van der Waals surface area contributed by atoms with Crippen LogP contribution < -0.4 is 15.6 Å². The van der Waals surface area contributed by atoms with Gasteiger partial charge >= 0.3 is 0 Å². The van der Waals surface area contributed by atoms with Gasteiger partial charge in [-0.2, -0.15) is 5.10 Å². The lowest BCUT2D eigenvalue weighted by Gasteiger charge is -2.38. The van der Waals surface area contributed by atoms with E-state index in [1.165, 1.54) is 11.7 Å². The fraction of sp³-hybridized carbons (Fsp3) is 0.440. The number of carbonyl (C=O) groups excluding carboxylic acids is 2. The van der Waals surface area contributed by atoms with E-state index in [9.17, 15) is 14.4 Å². The van der Waals surface area contributed by atoms with E-state index in [4.69, 9.17) is 9.84 Å². The van der Waals surface area contributed by atoms with Crippen LogP contribution in [0.15, 0.2) is 41.5 Å². The summed E-state index contributed by atoms with van der Waals surface area (Å²) in [5.74, 6) is 0.402. The molecule has 9 nitrogen and oxygen atoms in total. The average Bonchev–Trinajstić information content (AvgIpc) is 3.23. The summed E-state index contributed by atoms with van der Waals surface area (Å²) < 4.78 is 8.86. The van der Waals surface area contributed by atoms with Gasteiger partial charge in [0.1, 0.15) is 11.4 Å². The molecular weight excluding hydrogens is 434 g/mol. The van der Waals surface area contributed by atoms with E-state index in [-0.39, 0.29) is 29.2 Å². The Balaban J connectivity index is 1.60. The molecule has 1 N–H and O–H groups in total. The summed E-state index contributed by atoms with van der Waals surface area (Å²) in [5.41, 5.74) is 0.983. The molecular formula is C25H31N5O4. The molecule has 1 fully saturated rings. The molecule has 2 amide bonds. The van der Waals surface area contributed by atoms with Gasteiger partial charge in [0.15, 0.2) is 0 Å². The molecule has 1 aliphatic carbocycles. The number of fused-ring (bicyclic) bond motifs is 1. The lowest BCUT2D eigenvalue weighted by atomic mass is 9.82. The van der Waals surface area contributed by atoms with Crippen LogP contribution in [0.1, 0.15) is 49.5 Å². The quantitative estimate of drug-likeness (QED) is 0.624. The van der Waals surface area contributed by atoms with Crippen molar-refractivity contribution in [3.63, 3.8) is 0 Å². The van der Waals surface area contributed by atoms with Crippen LogP contribution in [0, 0.1) is 5.92 Å². The third-order valence-electron chi connectivity index (χ3n) is 6.94. The molecule has 0 aliphatic heterocycles. The first-order valence-electron chi connectivity index (χ1n) is 11.5. The Kier molecular flexibility index (Phi) is 6.45. The van der Waals surface area contributed by atoms with E-state index in [0.29, 0.717) is 17.2 Å². The first-order valence-corrected chi connectivity index (χ1v) is 11.5. The monoisotopic (exact) mass is 465 g/mol. The number of nitrogens with zero attached hydrogens (tertiary/aromatic N) is 4. The second-order valence-corrected chi connectivity index (χ2v) is 9.15. The highest BCUT2D eigenvalue weighted by Crippen LogP contribution is 2.36. The van der Waals surface area contributed by atoms with Gasteiger partial charge in [-0.1, -0.05) is 6.92 Å². The molecule has 0 radical (unpaired) electrons. The molecule has 1 saturated carbocycles. The topological polar surface area (TPSA) is 98.5 Å². The minimum Gasteiger partial charge on any atom is -0.496 e. The fourth-order valence-electron chi connectivity index (χ4n) is 4.82. The summed E-state index contributed by atoms with van der Waals surface area (Å²) in [4.78, 5) is 38.9. The molecule has 0 bridgehead atoms.